The van der Waals surface area contributed by atoms with Crippen molar-refractivity contribution in [2.24, 2.45) is 0 Å². The highest BCUT2D eigenvalue weighted by Gasteiger charge is 2.04. The number of fused-ring (bicyclic) bond motifs is 1. The summed E-state index contributed by atoms with van der Waals surface area (Å²) in [6, 6.07) is 5.05. The van der Waals surface area contributed by atoms with Crippen molar-refractivity contribution in [2.45, 2.75) is 6.92 Å². The lowest BCUT2D eigenvalue weighted by atomic mass is 10.2. The molecule has 2 aromatic rings. The molecule has 2 rings (SSSR count). The average molecular weight is 175 g/mol. The molecule has 0 fully saturated rings. The summed E-state index contributed by atoms with van der Waals surface area (Å²) >= 11 is 0. The van der Waals surface area contributed by atoms with Gasteiger partial charge >= 0.3 is 0 Å². The van der Waals surface area contributed by atoms with Crippen molar-refractivity contribution in [2.75, 3.05) is 5.73 Å². The molecule has 0 saturated heterocycles. The van der Waals surface area contributed by atoms with Crippen molar-refractivity contribution in [3.8, 4) is 5.75 Å². The number of phenolic OH excluding ortho intramolecular Hbond substituents is 1. The van der Waals surface area contributed by atoms with Crippen LogP contribution in [0.5, 0.6) is 5.75 Å². The third-order valence-electron chi connectivity index (χ3n) is 1.88. The molecule has 0 spiro atoms. The number of nitrogens with two attached hydrogens (primary N) is 1. The lowest BCUT2D eigenvalue weighted by molar-refractivity contribution is 0.480. The Labute approximate surface area is 75.1 Å². The van der Waals surface area contributed by atoms with E-state index in [1.807, 2.05) is 0 Å². The molecule has 1 aromatic carbocycles. The van der Waals surface area contributed by atoms with Crippen molar-refractivity contribution >= 4 is 16.9 Å². The molecule has 4 nitrogen and oxygen atoms in total. The van der Waals surface area contributed by atoms with Crippen LogP contribution in [0, 0.1) is 6.92 Å². The van der Waals surface area contributed by atoms with Gasteiger partial charge in [-0.25, -0.2) is 9.97 Å². The minimum absolute atomic E-state index is 0.133. The Morgan fingerprint density at radius 1 is 1.31 bits per heavy atom. The predicted octanol–water partition coefficient (Wildman–Crippen LogP) is 1.23. The number of nitrogens with zero attached hydrogens (tertiary/aromatic N) is 2. The van der Waals surface area contributed by atoms with Crippen molar-refractivity contribution in [1.82, 2.24) is 9.97 Å². The van der Waals surface area contributed by atoms with Gasteiger partial charge in [0.2, 0.25) is 0 Å². The quantitative estimate of drug-likeness (QED) is 0.631. The van der Waals surface area contributed by atoms with E-state index in [1.165, 1.54) is 0 Å². The highest BCUT2D eigenvalue weighted by atomic mass is 16.3. The molecule has 0 aliphatic rings. The van der Waals surface area contributed by atoms with Gasteiger partial charge in [-0.1, -0.05) is 6.07 Å². The van der Waals surface area contributed by atoms with E-state index in [0.29, 0.717) is 22.5 Å². The van der Waals surface area contributed by atoms with Crippen LogP contribution in [0.25, 0.3) is 11.0 Å². The van der Waals surface area contributed by atoms with Gasteiger partial charge in [-0.3, -0.25) is 0 Å². The van der Waals surface area contributed by atoms with Crippen LogP contribution in [0.1, 0.15) is 5.69 Å². The summed E-state index contributed by atoms with van der Waals surface area (Å²) in [6.07, 6.45) is 0. The number of aromatic hydroxyl groups is 1. The normalized spacial score (nSPS) is 10.5. The molecule has 0 unspecified atom stereocenters. The molecule has 0 amide bonds. The fourth-order valence-corrected chi connectivity index (χ4v) is 1.16. The molecule has 0 aliphatic heterocycles. The number of benzene rings is 1. The first-order chi connectivity index (χ1) is 6.18. The number of anilines is 1. The number of para-hydroxylation sites is 1. The summed E-state index contributed by atoms with van der Waals surface area (Å²) in [5, 5.41) is 9.44. The monoisotopic (exact) mass is 175 g/mol. The van der Waals surface area contributed by atoms with Crippen molar-refractivity contribution in [3.63, 3.8) is 0 Å². The van der Waals surface area contributed by atoms with Crippen molar-refractivity contribution < 1.29 is 5.11 Å². The highest BCUT2D eigenvalue weighted by Crippen LogP contribution is 2.22. The van der Waals surface area contributed by atoms with Gasteiger partial charge < -0.3 is 10.8 Å². The largest absolute Gasteiger partial charge is 0.506 e. The number of aromatic nitrogens is 2. The van der Waals surface area contributed by atoms with Crippen molar-refractivity contribution in [3.05, 3.63) is 23.9 Å². The Hall–Kier alpha value is -1.84. The number of aryl methyl sites for hydroxylation is 1. The third-order valence-corrected chi connectivity index (χ3v) is 1.88. The molecule has 1 heterocycles. The zero-order valence-electron chi connectivity index (χ0n) is 7.15. The van der Waals surface area contributed by atoms with E-state index >= 15 is 0 Å². The molecule has 3 N–H and O–H groups in total. The molecular formula is C9H9N3O. The minimum atomic E-state index is 0.133. The highest BCUT2D eigenvalue weighted by molar-refractivity contribution is 5.81. The van der Waals surface area contributed by atoms with E-state index in [1.54, 1.807) is 25.1 Å². The Morgan fingerprint density at radius 2 is 2.08 bits per heavy atom. The maximum Gasteiger partial charge on any atom is 0.145 e. The summed E-state index contributed by atoms with van der Waals surface area (Å²) < 4.78 is 0. The molecule has 0 atom stereocenters. The number of hydrogen-bond acceptors (Lipinski definition) is 4. The first-order valence-electron chi connectivity index (χ1n) is 3.90. The van der Waals surface area contributed by atoms with Crippen LogP contribution in [0.2, 0.25) is 0 Å². The molecule has 0 aliphatic carbocycles. The van der Waals surface area contributed by atoms with Gasteiger partial charge in [0.05, 0.1) is 11.2 Å². The van der Waals surface area contributed by atoms with Crippen LogP contribution in [0.15, 0.2) is 18.2 Å². The summed E-state index contributed by atoms with van der Waals surface area (Å²) in [5.41, 5.74) is 7.32. The van der Waals surface area contributed by atoms with E-state index in [0.717, 1.165) is 0 Å². The van der Waals surface area contributed by atoms with E-state index in [9.17, 15) is 5.11 Å². The smallest absolute Gasteiger partial charge is 0.145 e. The van der Waals surface area contributed by atoms with Gasteiger partial charge in [0.1, 0.15) is 17.1 Å². The van der Waals surface area contributed by atoms with Gasteiger partial charge in [0.15, 0.2) is 0 Å². The molecule has 13 heavy (non-hydrogen) atoms. The van der Waals surface area contributed by atoms with Crippen LogP contribution in [-0.2, 0) is 0 Å². The van der Waals surface area contributed by atoms with Crippen LogP contribution in [-0.4, -0.2) is 15.1 Å². The Bertz CT molecular complexity index is 468. The first-order valence-corrected chi connectivity index (χ1v) is 3.90. The van der Waals surface area contributed by atoms with Crippen LogP contribution >= 0.6 is 0 Å². The Kier molecular flexibility index (Phi) is 1.55. The Morgan fingerprint density at radius 3 is 2.85 bits per heavy atom. The zero-order chi connectivity index (χ0) is 9.42. The second kappa shape index (κ2) is 2.58. The van der Waals surface area contributed by atoms with Gasteiger partial charge in [-0.15, -0.1) is 0 Å². The van der Waals surface area contributed by atoms with Gasteiger partial charge in [-0.05, 0) is 19.1 Å². The van der Waals surface area contributed by atoms with Gasteiger partial charge in [0, 0.05) is 0 Å². The summed E-state index contributed by atoms with van der Waals surface area (Å²) in [5.74, 6) is 0.534. The second-order valence-electron chi connectivity index (χ2n) is 2.84. The minimum Gasteiger partial charge on any atom is -0.506 e. The summed E-state index contributed by atoms with van der Waals surface area (Å²) in [6.45, 7) is 1.76. The van der Waals surface area contributed by atoms with E-state index in [2.05, 4.69) is 9.97 Å². The number of phenols is 1. The second-order valence-corrected chi connectivity index (χ2v) is 2.84. The molecule has 0 bridgehead atoms. The third kappa shape index (κ3) is 1.16. The first kappa shape index (κ1) is 7.79. The maximum absolute atomic E-state index is 9.44. The summed E-state index contributed by atoms with van der Waals surface area (Å²) in [7, 11) is 0. The average Bonchev–Trinajstić information content (AvgIpc) is 2.09. The van der Waals surface area contributed by atoms with E-state index in [-0.39, 0.29) is 5.75 Å². The van der Waals surface area contributed by atoms with E-state index in [4.69, 9.17) is 5.73 Å². The fourth-order valence-electron chi connectivity index (χ4n) is 1.16. The maximum atomic E-state index is 9.44. The standard InChI is InChI=1S/C9H9N3O/c1-5-9(10)12-6-3-2-4-7(13)8(6)11-5/h2-4,13H,1H3,(H2,10,12). The van der Waals surface area contributed by atoms with Crippen LogP contribution in [0.3, 0.4) is 0 Å². The molecule has 0 radical (unpaired) electrons. The predicted molar refractivity (Wildman–Crippen MR) is 50.4 cm³/mol. The molecular weight excluding hydrogens is 166 g/mol. The molecule has 66 valence electrons. The molecule has 1 aromatic heterocycles. The number of rotatable bonds is 0. The Balaban J connectivity index is 2.89. The van der Waals surface area contributed by atoms with E-state index < -0.39 is 0 Å². The summed E-state index contributed by atoms with van der Waals surface area (Å²) in [4.78, 5) is 8.23. The number of nitrogen functional groups attached to an aromatic ring is 1. The number of hydrogen-bond donors (Lipinski definition) is 2. The lowest BCUT2D eigenvalue weighted by Crippen LogP contribution is -1.97. The van der Waals surface area contributed by atoms with Gasteiger partial charge in [-0.2, -0.15) is 0 Å². The van der Waals surface area contributed by atoms with Crippen LogP contribution in [0.4, 0.5) is 5.82 Å². The van der Waals surface area contributed by atoms with Gasteiger partial charge in [0.25, 0.3) is 0 Å². The SMILES string of the molecule is Cc1nc2c(O)cccc2nc1N. The zero-order valence-corrected chi connectivity index (χ0v) is 7.15. The molecule has 0 saturated carbocycles. The topological polar surface area (TPSA) is 72.0 Å². The molecule has 4 heteroatoms. The lowest BCUT2D eigenvalue weighted by Gasteiger charge is -2.02. The fraction of sp³-hybridized carbons (Fsp3) is 0.111. The van der Waals surface area contributed by atoms with Crippen molar-refractivity contribution in [1.29, 1.82) is 0 Å². The van der Waals surface area contributed by atoms with Crippen LogP contribution < -0.4 is 5.73 Å².